The van der Waals surface area contributed by atoms with Crippen LogP contribution in [0.25, 0.3) is 11.3 Å². The molecule has 0 aliphatic carbocycles. The van der Waals surface area contributed by atoms with Crippen molar-refractivity contribution >= 4 is 11.6 Å². The maximum absolute atomic E-state index is 12.1. The molecule has 0 radical (unpaired) electrons. The Balaban J connectivity index is 1.08. The summed E-state index contributed by atoms with van der Waals surface area (Å²) in [5, 5.41) is 19.5. The van der Waals surface area contributed by atoms with Crippen molar-refractivity contribution in [2.45, 2.75) is 57.3 Å². The van der Waals surface area contributed by atoms with E-state index >= 15 is 0 Å². The van der Waals surface area contributed by atoms with Crippen molar-refractivity contribution < 1.29 is 19.4 Å². The van der Waals surface area contributed by atoms with Gasteiger partial charge in [-0.25, -0.2) is 9.97 Å². The molecular formula is C37H47N7O4. The van der Waals surface area contributed by atoms with E-state index in [1.54, 1.807) is 24.3 Å². The Morgan fingerprint density at radius 3 is 2.42 bits per heavy atom. The lowest BCUT2D eigenvalue weighted by Crippen LogP contribution is -2.52. The first-order chi connectivity index (χ1) is 23.3. The number of aliphatic hydroxyl groups is 1. The van der Waals surface area contributed by atoms with Gasteiger partial charge in [0.05, 0.1) is 24.1 Å². The molecule has 1 N–H and O–H groups in total. The SMILES string of the molecule is COc1cc(Cc2nccc(-c3ccc(OC4CCN(C(=O)[C@H](C)O)CC4)c(C#N)c3)n2)ccc1N1CCC(N2CCN(C)CC2)CC1. The smallest absolute Gasteiger partial charge is 0.251 e. The quantitative estimate of drug-likeness (QED) is 0.367. The number of carbonyl (C=O) groups excluding carboxylic acids is 1. The summed E-state index contributed by atoms with van der Waals surface area (Å²) in [5.74, 6) is 1.82. The van der Waals surface area contributed by atoms with E-state index in [2.05, 4.69) is 51.0 Å². The highest BCUT2D eigenvalue weighted by Gasteiger charge is 2.29. The molecule has 4 heterocycles. The van der Waals surface area contributed by atoms with Crippen molar-refractivity contribution in [3.8, 4) is 28.8 Å². The molecule has 1 aromatic heterocycles. The number of amides is 1. The number of anilines is 1. The number of rotatable bonds is 9. The average Bonchev–Trinajstić information content (AvgIpc) is 3.12. The van der Waals surface area contributed by atoms with Crippen LogP contribution in [0.1, 0.15) is 49.6 Å². The fourth-order valence-corrected chi connectivity index (χ4v) is 7.10. The number of nitriles is 1. The summed E-state index contributed by atoms with van der Waals surface area (Å²) < 4.78 is 12.1. The van der Waals surface area contributed by atoms with Gasteiger partial charge in [0.2, 0.25) is 0 Å². The Morgan fingerprint density at radius 1 is 0.979 bits per heavy atom. The third-order valence-electron chi connectivity index (χ3n) is 9.97. The number of hydrogen-bond acceptors (Lipinski definition) is 10. The Kier molecular flexibility index (Phi) is 10.7. The lowest BCUT2D eigenvalue weighted by molar-refractivity contribution is -0.141. The highest BCUT2D eigenvalue weighted by Crippen LogP contribution is 2.33. The minimum atomic E-state index is -1.00. The predicted molar refractivity (Wildman–Crippen MR) is 184 cm³/mol. The number of hydrogen-bond donors (Lipinski definition) is 1. The van der Waals surface area contributed by atoms with Gasteiger partial charge in [-0.2, -0.15) is 5.26 Å². The summed E-state index contributed by atoms with van der Waals surface area (Å²) in [4.78, 5) is 30.7. The van der Waals surface area contributed by atoms with Crippen molar-refractivity contribution in [3.63, 3.8) is 0 Å². The van der Waals surface area contributed by atoms with Crippen molar-refractivity contribution in [1.29, 1.82) is 5.26 Å². The van der Waals surface area contributed by atoms with Crippen molar-refractivity contribution in [2.75, 3.05) is 71.4 Å². The van der Waals surface area contributed by atoms with Crippen LogP contribution in [0, 0.1) is 11.3 Å². The fraction of sp³-hybridized carbons (Fsp3) is 0.514. The predicted octanol–water partition coefficient (Wildman–Crippen LogP) is 3.58. The second-order valence-electron chi connectivity index (χ2n) is 13.2. The summed E-state index contributed by atoms with van der Waals surface area (Å²) in [6.07, 6.45) is 4.82. The Morgan fingerprint density at radius 2 is 1.73 bits per heavy atom. The number of ether oxygens (including phenoxy) is 2. The standard InChI is InChI=1S/C37H47N7O4/c1-26(45)37(46)44-16-11-31(12-17-44)48-34-7-5-28(24-29(34)25-38)32-8-13-39-36(40-32)23-27-4-6-33(35(22-27)47-3)43-14-9-30(10-15-43)42-20-18-41(2)19-21-42/h4-8,13,22,24,26,30-31,45H,9-12,14-21,23H2,1-3H3/t26-/m0/s1. The van der Waals surface area contributed by atoms with Crippen LogP contribution in [0.5, 0.6) is 11.5 Å². The molecule has 0 bridgehead atoms. The molecule has 0 saturated carbocycles. The van der Waals surface area contributed by atoms with E-state index in [1.165, 1.54) is 32.9 Å². The van der Waals surface area contributed by atoms with E-state index in [9.17, 15) is 15.2 Å². The molecule has 3 saturated heterocycles. The number of piperazine rings is 1. The third-order valence-corrected chi connectivity index (χ3v) is 9.97. The number of aliphatic hydroxyl groups excluding tert-OH is 1. The maximum Gasteiger partial charge on any atom is 0.251 e. The van der Waals surface area contributed by atoms with Gasteiger partial charge in [0, 0.05) is 89.4 Å². The molecule has 3 aliphatic heterocycles. The number of likely N-dealkylation sites (N-methyl/N-ethyl adjacent to an activating group) is 1. The molecule has 11 heteroatoms. The first-order valence-corrected chi connectivity index (χ1v) is 17.2. The molecule has 3 aliphatic rings. The zero-order valence-corrected chi connectivity index (χ0v) is 28.3. The first kappa shape index (κ1) is 33.7. The van der Waals surface area contributed by atoms with Gasteiger partial charge < -0.3 is 29.3 Å². The number of nitrogens with zero attached hydrogens (tertiary/aromatic N) is 7. The Hall–Kier alpha value is -4.24. The molecule has 48 heavy (non-hydrogen) atoms. The second kappa shape index (κ2) is 15.3. The van der Waals surface area contributed by atoms with Crippen LogP contribution >= 0.6 is 0 Å². The number of likely N-dealkylation sites (tertiary alicyclic amines) is 1. The number of aromatic nitrogens is 2. The van der Waals surface area contributed by atoms with E-state index < -0.39 is 6.10 Å². The lowest BCUT2D eigenvalue weighted by Gasteiger charge is -2.42. The van der Waals surface area contributed by atoms with Crippen LogP contribution < -0.4 is 14.4 Å². The molecule has 0 spiro atoms. The van der Waals surface area contributed by atoms with Crippen molar-refractivity contribution in [1.82, 2.24) is 24.7 Å². The van der Waals surface area contributed by atoms with Gasteiger partial charge in [0.15, 0.2) is 0 Å². The molecular weight excluding hydrogens is 606 g/mol. The highest BCUT2D eigenvalue weighted by atomic mass is 16.5. The summed E-state index contributed by atoms with van der Waals surface area (Å²) in [6, 6.07) is 16.7. The maximum atomic E-state index is 12.1. The summed E-state index contributed by atoms with van der Waals surface area (Å²) in [6.45, 7) is 9.21. The largest absolute Gasteiger partial charge is 0.495 e. The molecule has 254 valence electrons. The summed E-state index contributed by atoms with van der Waals surface area (Å²) >= 11 is 0. The number of piperidine rings is 2. The Bertz CT molecular complexity index is 1600. The molecule has 1 atom stereocenters. The highest BCUT2D eigenvalue weighted by molar-refractivity contribution is 5.80. The van der Waals surface area contributed by atoms with E-state index in [4.69, 9.17) is 14.5 Å². The second-order valence-corrected chi connectivity index (χ2v) is 13.2. The normalized spacial score (nSPS) is 19.1. The summed E-state index contributed by atoms with van der Waals surface area (Å²) in [7, 11) is 3.94. The van der Waals surface area contributed by atoms with Gasteiger partial charge in [0.25, 0.3) is 5.91 Å². The minimum absolute atomic E-state index is 0.107. The molecule has 0 unspecified atom stereocenters. The number of benzene rings is 2. The van der Waals surface area contributed by atoms with Gasteiger partial charge in [-0.1, -0.05) is 6.07 Å². The molecule has 3 fully saturated rings. The van der Waals surface area contributed by atoms with Crippen LogP contribution in [-0.2, 0) is 11.2 Å². The monoisotopic (exact) mass is 653 g/mol. The molecule has 6 rings (SSSR count). The minimum Gasteiger partial charge on any atom is -0.495 e. The van der Waals surface area contributed by atoms with E-state index in [0.717, 1.165) is 54.4 Å². The topological polar surface area (TPSA) is 118 Å². The van der Waals surface area contributed by atoms with Gasteiger partial charge in [-0.3, -0.25) is 9.69 Å². The van der Waals surface area contributed by atoms with Crippen molar-refractivity contribution in [3.05, 3.63) is 65.6 Å². The lowest BCUT2D eigenvalue weighted by atomic mass is 10.0. The van der Waals surface area contributed by atoms with Crippen LogP contribution in [0.15, 0.2) is 48.7 Å². The molecule has 1 amide bonds. The molecule has 11 nitrogen and oxygen atoms in total. The Labute approximate surface area is 283 Å². The zero-order valence-electron chi connectivity index (χ0n) is 28.3. The molecule has 3 aromatic rings. The number of carbonyl (C=O) groups is 1. The van der Waals surface area contributed by atoms with Gasteiger partial charge in [-0.05, 0) is 68.8 Å². The zero-order chi connectivity index (χ0) is 33.6. The van der Waals surface area contributed by atoms with Gasteiger partial charge >= 0.3 is 0 Å². The van der Waals surface area contributed by atoms with Gasteiger partial charge in [0.1, 0.15) is 35.6 Å². The van der Waals surface area contributed by atoms with E-state index in [0.29, 0.717) is 55.5 Å². The van der Waals surface area contributed by atoms with Gasteiger partial charge in [-0.15, -0.1) is 0 Å². The third kappa shape index (κ3) is 7.89. The van der Waals surface area contributed by atoms with Crippen LogP contribution in [-0.4, -0.2) is 120 Å². The number of methoxy groups -OCH3 is 1. The molecule has 2 aromatic carbocycles. The van der Waals surface area contributed by atoms with Crippen LogP contribution in [0.3, 0.4) is 0 Å². The van der Waals surface area contributed by atoms with E-state index in [-0.39, 0.29) is 12.0 Å². The van der Waals surface area contributed by atoms with Crippen LogP contribution in [0.4, 0.5) is 5.69 Å². The van der Waals surface area contributed by atoms with Crippen LogP contribution in [0.2, 0.25) is 0 Å². The van der Waals surface area contributed by atoms with E-state index in [1.807, 2.05) is 18.2 Å². The first-order valence-electron chi connectivity index (χ1n) is 17.2. The summed E-state index contributed by atoms with van der Waals surface area (Å²) in [5.41, 5.74) is 4.19. The van der Waals surface area contributed by atoms with Crippen molar-refractivity contribution in [2.24, 2.45) is 0 Å². The average molecular weight is 654 g/mol. The fourth-order valence-electron chi connectivity index (χ4n) is 7.10.